The molecule has 2 aromatic heterocycles. The number of H-pyrrole nitrogens is 1. The third-order valence-corrected chi connectivity index (χ3v) is 1.90. The van der Waals surface area contributed by atoms with Crippen LogP contribution in [0.4, 0.5) is 4.39 Å². The summed E-state index contributed by atoms with van der Waals surface area (Å²) in [7, 11) is 0. The van der Waals surface area contributed by atoms with Gasteiger partial charge in [0, 0.05) is 11.6 Å². The van der Waals surface area contributed by atoms with E-state index in [-0.39, 0.29) is 11.5 Å². The topological polar surface area (TPSA) is 87.3 Å². The molecule has 0 aliphatic rings. The van der Waals surface area contributed by atoms with Crippen LogP contribution in [-0.4, -0.2) is 21.0 Å². The zero-order chi connectivity index (χ0) is 10.1. The molecule has 0 spiro atoms. The van der Waals surface area contributed by atoms with Crippen LogP contribution in [0.25, 0.3) is 10.9 Å². The fraction of sp³-hybridized carbons (Fsp3) is 0. The molecule has 0 aliphatic carbocycles. The maximum absolute atomic E-state index is 13.1. The maximum atomic E-state index is 13.1. The number of nitrogens with two attached hydrogens (primary N) is 1. The molecular formula is C8H7FN4O. The lowest BCUT2D eigenvalue weighted by Crippen LogP contribution is -2.15. The summed E-state index contributed by atoms with van der Waals surface area (Å²) >= 11 is 0. The first-order valence-electron chi connectivity index (χ1n) is 3.83. The lowest BCUT2D eigenvalue weighted by Gasteiger charge is -1.99. The summed E-state index contributed by atoms with van der Waals surface area (Å²) < 4.78 is 13.1. The SMILES string of the molecule is N/C(=N\O)c1ncc(F)c2cc[nH]c12. The fourth-order valence-corrected chi connectivity index (χ4v) is 1.26. The first kappa shape index (κ1) is 8.49. The minimum atomic E-state index is -0.448. The van der Waals surface area contributed by atoms with Crippen LogP contribution in [0.2, 0.25) is 0 Å². The van der Waals surface area contributed by atoms with Gasteiger partial charge in [0.1, 0.15) is 5.69 Å². The maximum Gasteiger partial charge on any atom is 0.190 e. The van der Waals surface area contributed by atoms with Gasteiger partial charge in [-0.05, 0) is 6.07 Å². The second-order valence-electron chi connectivity index (χ2n) is 2.71. The number of hydrogen-bond acceptors (Lipinski definition) is 3. The Balaban J connectivity index is 2.79. The van der Waals surface area contributed by atoms with Gasteiger partial charge in [-0.1, -0.05) is 5.16 Å². The highest BCUT2D eigenvalue weighted by molar-refractivity contribution is 6.05. The quantitative estimate of drug-likeness (QED) is 0.271. The van der Waals surface area contributed by atoms with E-state index in [1.54, 1.807) is 12.3 Å². The van der Waals surface area contributed by atoms with Crippen LogP contribution in [0.15, 0.2) is 23.6 Å². The Bertz CT molecular complexity index is 505. The molecule has 0 saturated carbocycles. The number of amidine groups is 1. The number of halogens is 1. The molecule has 2 aromatic rings. The van der Waals surface area contributed by atoms with E-state index in [1.165, 1.54) is 0 Å². The summed E-state index contributed by atoms with van der Waals surface area (Å²) in [6, 6.07) is 1.56. The van der Waals surface area contributed by atoms with E-state index in [2.05, 4.69) is 15.1 Å². The highest BCUT2D eigenvalue weighted by Gasteiger charge is 2.11. The first-order valence-corrected chi connectivity index (χ1v) is 3.83. The van der Waals surface area contributed by atoms with Gasteiger partial charge in [-0.25, -0.2) is 9.37 Å². The Kier molecular flexibility index (Phi) is 1.81. The van der Waals surface area contributed by atoms with E-state index >= 15 is 0 Å². The molecule has 2 heterocycles. The number of oxime groups is 1. The predicted molar refractivity (Wildman–Crippen MR) is 48.6 cm³/mol. The van der Waals surface area contributed by atoms with Crippen molar-refractivity contribution in [1.82, 2.24) is 9.97 Å². The Hall–Kier alpha value is -2.11. The number of nitrogens with zero attached hydrogens (tertiary/aromatic N) is 2. The predicted octanol–water partition coefficient (Wildman–Crippen LogP) is 0.796. The molecule has 0 bridgehead atoms. The van der Waals surface area contributed by atoms with Crippen LogP contribution in [0.5, 0.6) is 0 Å². The number of aromatic amines is 1. The molecule has 0 aromatic carbocycles. The van der Waals surface area contributed by atoms with Gasteiger partial charge >= 0.3 is 0 Å². The van der Waals surface area contributed by atoms with Crippen LogP contribution in [0.1, 0.15) is 5.69 Å². The number of rotatable bonds is 1. The van der Waals surface area contributed by atoms with Crippen molar-refractivity contribution in [3.8, 4) is 0 Å². The van der Waals surface area contributed by atoms with Crippen molar-refractivity contribution in [3.63, 3.8) is 0 Å². The van der Waals surface area contributed by atoms with Crippen molar-refractivity contribution in [1.29, 1.82) is 0 Å². The van der Waals surface area contributed by atoms with E-state index in [1.807, 2.05) is 0 Å². The van der Waals surface area contributed by atoms with Crippen molar-refractivity contribution < 1.29 is 9.60 Å². The highest BCUT2D eigenvalue weighted by atomic mass is 19.1. The van der Waals surface area contributed by atoms with Crippen LogP contribution >= 0.6 is 0 Å². The van der Waals surface area contributed by atoms with Gasteiger partial charge in [0.05, 0.1) is 11.7 Å². The van der Waals surface area contributed by atoms with Gasteiger partial charge in [0.25, 0.3) is 0 Å². The molecule has 72 valence electrons. The van der Waals surface area contributed by atoms with E-state index in [4.69, 9.17) is 10.9 Å². The van der Waals surface area contributed by atoms with Crippen molar-refractivity contribution in [2.75, 3.05) is 0 Å². The molecule has 2 rings (SSSR count). The van der Waals surface area contributed by atoms with E-state index < -0.39 is 5.82 Å². The van der Waals surface area contributed by atoms with Crippen molar-refractivity contribution >= 4 is 16.7 Å². The van der Waals surface area contributed by atoms with Gasteiger partial charge in [-0.2, -0.15) is 0 Å². The van der Waals surface area contributed by atoms with Crippen LogP contribution in [0.3, 0.4) is 0 Å². The Morgan fingerprint density at radius 1 is 1.64 bits per heavy atom. The molecule has 0 aliphatic heterocycles. The third kappa shape index (κ3) is 1.08. The molecule has 4 N–H and O–H groups in total. The molecular weight excluding hydrogens is 187 g/mol. The summed E-state index contributed by atoms with van der Waals surface area (Å²) in [5, 5.41) is 11.6. The minimum absolute atomic E-state index is 0.155. The number of pyridine rings is 1. The number of hydrogen-bond donors (Lipinski definition) is 3. The largest absolute Gasteiger partial charge is 0.409 e. The molecule has 0 radical (unpaired) electrons. The van der Waals surface area contributed by atoms with Gasteiger partial charge in [0.2, 0.25) is 0 Å². The Morgan fingerprint density at radius 3 is 3.14 bits per heavy atom. The smallest absolute Gasteiger partial charge is 0.190 e. The third-order valence-electron chi connectivity index (χ3n) is 1.90. The summed E-state index contributed by atoms with van der Waals surface area (Å²) in [5.74, 6) is -0.604. The van der Waals surface area contributed by atoms with E-state index in [9.17, 15) is 4.39 Å². The monoisotopic (exact) mass is 194 g/mol. The Labute approximate surface area is 78.1 Å². The molecule has 0 amide bonds. The molecule has 0 fully saturated rings. The Morgan fingerprint density at radius 2 is 2.43 bits per heavy atom. The summed E-state index contributed by atoms with van der Waals surface area (Å²) in [5.41, 5.74) is 6.01. The highest BCUT2D eigenvalue weighted by Crippen LogP contribution is 2.17. The second kappa shape index (κ2) is 2.99. The average Bonchev–Trinajstić information content (AvgIpc) is 2.67. The number of aromatic nitrogens is 2. The van der Waals surface area contributed by atoms with Gasteiger partial charge in [0.15, 0.2) is 11.7 Å². The summed E-state index contributed by atoms with van der Waals surface area (Å²) in [6.45, 7) is 0. The van der Waals surface area contributed by atoms with E-state index in [0.717, 1.165) is 6.20 Å². The second-order valence-corrected chi connectivity index (χ2v) is 2.71. The molecule has 6 heteroatoms. The van der Waals surface area contributed by atoms with Gasteiger partial charge in [-0.3, -0.25) is 0 Å². The zero-order valence-corrected chi connectivity index (χ0v) is 7.03. The van der Waals surface area contributed by atoms with Crippen LogP contribution < -0.4 is 5.73 Å². The number of nitrogens with one attached hydrogen (secondary N) is 1. The summed E-state index contributed by atoms with van der Waals surface area (Å²) in [6.07, 6.45) is 2.59. The molecule has 0 atom stereocenters. The average molecular weight is 194 g/mol. The van der Waals surface area contributed by atoms with Gasteiger partial charge in [-0.15, -0.1) is 0 Å². The van der Waals surface area contributed by atoms with Crippen molar-refractivity contribution in [3.05, 3.63) is 30.0 Å². The summed E-state index contributed by atoms with van der Waals surface area (Å²) in [4.78, 5) is 6.50. The number of fused-ring (bicyclic) bond motifs is 1. The first-order chi connectivity index (χ1) is 6.74. The standard InChI is InChI=1S/C8H7FN4O/c9-5-3-12-7(8(10)13-14)6-4(5)1-2-11-6/h1-3,11,14H,(H2,10,13). The van der Waals surface area contributed by atoms with Gasteiger partial charge < -0.3 is 15.9 Å². The fourth-order valence-electron chi connectivity index (χ4n) is 1.26. The lowest BCUT2D eigenvalue weighted by atomic mass is 10.2. The normalized spacial score (nSPS) is 12.2. The zero-order valence-electron chi connectivity index (χ0n) is 7.03. The molecule has 0 saturated heterocycles. The van der Waals surface area contributed by atoms with Crippen molar-refractivity contribution in [2.45, 2.75) is 0 Å². The van der Waals surface area contributed by atoms with E-state index in [0.29, 0.717) is 10.9 Å². The van der Waals surface area contributed by atoms with Crippen molar-refractivity contribution in [2.24, 2.45) is 10.9 Å². The van der Waals surface area contributed by atoms with Crippen LogP contribution in [0, 0.1) is 5.82 Å². The molecule has 5 nitrogen and oxygen atoms in total. The van der Waals surface area contributed by atoms with Crippen LogP contribution in [-0.2, 0) is 0 Å². The lowest BCUT2D eigenvalue weighted by molar-refractivity contribution is 0.318. The molecule has 0 unspecified atom stereocenters. The minimum Gasteiger partial charge on any atom is -0.409 e. The molecule has 14 heavy (non-hydrogen) atoms.